The highest BCUT2D eigenvalue weighted by atomic mass is 35.5. The number of halogens is 2. The molecule has 0 radical (unpaired) electrons. The highest BCUT2D eigenvalue weighted by Gasteiger charge is 2.97. The van der Waals surface area contributed by atoms with Gasteiger partial charge in [0.15, 0.2) is 10.8 Å². The van der Waals surface area contributed by atoms with Gasteiger partial charge < -0.3 is 9.47 Å². The van der Waals surface area contributed by atoms with E-state index in [9.17, 15) is 10.5 Å². The molecule has 1 aromatic rings. The molecule has 1 aliphatic heterocycles. The second-order valence-corrected chi connectivity index (χ2v) is 6.29. The highest BCUT2D eigenvalue weighted by Crippen LogP contribution is 2.79. The van der Waals surface area contributed by atoms with Crippen LogP contribution < -0.4 is 10.7 Å². The highest BCUT2D eigenvalue weighted by molar-refractivity contribution is 6.36. The van der Waals surface area contributed by atoms with Crippen molar-refractivity contribution in [2.24, 2.45) is 16.6 Å². The molecule has 0 spiro atoms. The van der Waals surface area contributed by atoms with E-state index in [0.717, 1.165) is 0 Å². The number of hydrogen-bond donors (Lipinski definition) is 2. The molecule has 3 atom stereocenters. The van der Waals surface area contributed by atoms with Gasteiger partial charge in [0.1, 0.15) is 0 Å². The van der Waals surface area contributed by atoms with E-state index < -0.39 is 22.7 Å². The predicted molar refractivity (Wildman–Crippen MR) is 82.2 cm³/mol. The molecular formula is C15H13Cl2N4O2+. The minimum atomic E-state index is -1.56. The topological polar surface area (TPSA) is 106 Å². The summed E-state index contributed by atoms with van der Waals surface area (Å²) < 4.78 is 10.9. The van der Waals surface area contributed by atoms with E-state index in [1.165, 1.54) is 14.2 Å². The summed E-state index contributed by atoms with van der Waals surface area (Å²) in [7, 11) is 2.75. The first-order chi connectivity index (χ1) is 10.9. The van der Waals surface area contributed by atoms with Crippen LogP contribution in [-0.2, 0) is 9.47 Å². The van der Waals surface area contributed by atoms with Crippen LogP contribution in [0.25, 0.3) is 0 Å². The molecule has 0 unspecified atom stereocenters. The lowest BCUT2D eigenvalue weighted by Crippen LogP contribution is -2.90. The fourth-order valence-corrected chi connectivity index (χ4v) is 4.45. The van der Waals surface area contributed by atoms with Crippen molar-refractivity contribution in [1.82, 2.24) is 0 Å². The average molecular weight is 352 g/mol. The van der Waals surface area contributed by atoms with Crippen molar-refractivity contribution in [3.63, 3.8) is 0 Å². The third-order valence-corrected chi connectivity index (χ3v) is 5.52. The van der Waals surface area contributed by atoms with Crippen LogP contribution in [0, 0.1) is 33.5 Å². The van der Waals surface area contributed by atoms with Crippen molar-refractivity contribution in [3.05, 3.63) is 33.8 Å². The molecule has 3 N–H and O–H groups in total. The molecule has 118 valence electrons. The van der Waals surface area contributed by atoms with Crippen LogP contribution in [0.5, 0.6) is 0 Å². The van der Waals surface area contributed by atoms with Gasteiger partial charge in [-0.1, -0.05) is 29.3 Å². The van der Waals surface area contributed by atoms with Gasteiger partial charge in [-0.2, -0.15) is 10.5 Å². The molecule has 1 heterocycles. The summed E-state index contributed by atoms with van der Waals surface area (Å²) >= 11 is 12.6. The Hall–Kier alpha value is -1.83. The van der Waals surface area contributed by atoms with E-state index in [1.54, 1.807) is 18.2 Å². The minimum absolute atomic E-state index is 0.103. The summed E-state index contributed by atoms with van der Waals surface area (Å²) in [4.78, 5) is 2.81. The van der Waals surface area contributed by atoms with Crippen molar-refractivity contribution in [3.8, 4) is 12.1 Å². The first kappa shape index (κ1) is 16.0. The molecule has 1 saturated carbocycles. The second kappa shape index (κ2) is 4.83. The third kappa shape index (κ3) is 1.48. The predicted octanol–water partition coefficient (Wildman–Crippen LogP) is 0.509. The zero-order valence-corrected chi connectivity index (χ0v) is 13.9. The molecule has 6 nitrogen and oxygen atoms in total. The van der Waals surface area contributed by atoms with Gasteiger partial charge in [-0.25, -0.2) is 4.99 Å². The number of nitrogens with one attached hydrogen (secondary N) is 1. The van der Waals surface area contributed by atoms with Gasteiger partial charge in [0.25, 0.3) is 5.84 Å². The quantitative estimate of drug-likeness (QED) is 0.771. The number of rotatable bonds is 3. The van der Waals surface area contributed by atoms with E-state index in [0.29, 0.717) is 15.6 Å². The minimum Gasteiger partial charge on any atom is -0.317 e. The molecule has 0 aromatic heterocycles. The summed E-state index contributed by atoms with van der Waals surface area (Å²) in [5, 5.41) is 20.5. The number of hydrogen-bond acceptors (Lipinski definition) is 5. The Morgan fingerprint density at radius 1 is 1.17 bits per heavy atom. The Kier molecular flexibility index (Phi) is 3.37. The van der Waals surface area contributed by atoms with Gasteiger partial charge in [0, 0.05) is 24.3 Å². The van der Waals surface area contributed by atoms with E-state index in [-0.39, 0.29) is 5.84 Å². The largest absolute Gasteiger partial charge is 0.342 e. The molecule has 1 aliphatic carbocycles. The van der Waals surface area contributed by atoms with Crippen LogP contribution >= 0.6 is 23.2 Å². The first-order valence-electron chi connectivity index (χ1n) is 6.70. The second-order valence-electron chi connectivity index (χ2n) is 5.47. The van der Waals surface area contributed by atoms with E-state index >= 15 is 0 Å². The van der Waals surface area contributed by atoms with Crippen LogP contribution in [0.4, 0.5) is 0 Å². The van der Waals surface area contributed by atoms with Crippen molar-refractivity contribution < 1.29 is 14.5 Å². The Labute approximate surface area is 143 Å². The average Bonchev–Trinajstić information content (AvgIpc) is 3.09. The van der Waals surface area contributed by atoms with Crippen LogP contribution in [0.2, 0.25) is 10.0 Å². The molecule has 3 rings (SSSR count). The van der Waals surface area contributed by atoms with Gasteiger partial charge in [-0.15, -0.1) is 0 Å². The Morgan fingerprint density at radius 2 is 1.74 bits per heavy atom. The standard InChI is InChI=1S/C15H12Cl2N4O2/c1-22-15(23-2)14(7-19)11(13(14,6-18)12(20)21-15)10-8(16)4-3-5-9(10)17/h3-5,11H,1-2H3,(H2,20,21)/p+1/t11-,13-,14-/m1/s1. The zero-order valence-electron chi connectivity index (χ0n) is 12.4. The molecule has 2 aliphatic rings. The maximum Gasteiger partial charge on any atom is 0.342 e. The molecule has 0 saturated heterocycles. The number of benzene rings is 1. The van der Waals surface area contributed by atoms with Crippen LogP contribution in [0.1, 0.15) is 11.5 Å². The van der Waals surface area contributed by atoms with Gasteiger partial charge in [0.2, 0.25) is 0 Å². The Bertz CT molecular complexity index is 788. The molecule has 0 amide bonds. The number of nitrogens with two attached hydrogens (primary N) is 1. The van der Waals surface area contributed by atoms with E-state index in [1.807, 2.05) is 0 Å². The number of nitriles is 2. The number of fused-ring (bicyclic) bond motifs is 1. The molecule has 1 fully saturated rings. The summed E-state index contributed by atoms with van der Waals surface area (Å²) in [6.45, 7) is 0. The van der Waals surface area contributed by atoms with Crippen molar-refractivity contribution in [2.45, 2.75) is 11.8 Å². The zero-order chi connectivity index (χ0) is 17.0. The lowest BCUT2D eigenvalue weighted by atomic mass is 9.93. The van der Waals surface area contributed by atoms with Gasteiger partial charge in [-0.3, -0.25) is 5.73 Å². The monoisotopic (exact) mass is 351 g/mol. The third-order valence-electron chi connectivity index (χ3n) is 4.86. The molecule has 1 aromatic carbocycles. The van der Waals surface area contributed by atoms with Crippen molar-refractivity contribution >= 4 is 29.0 Å². The fourth-order valence-electron chi connectivity index (χ4n) is 3.83. The Morgan fingerprint density at radius 3 is 2.17 bits per heavy atom. The fraction of sp³-hybridized carbons (Fsp3) is 0.400. The molecule has 0 bridgehead atoms. The lowest BCUT2D eigenvalue weighted by Gasteiger charge is -2.27. The van der Waals surface area contributed by atoms with E-state index in [4.69, 9.17) is 38.4 Å². The van der Waals surface area contributed by atoms with Crippen LogP contribution in [-0.4, -0.2) is 26.0 Å². The van der Waals surface area contributed by atoms with Crippen molar-refractivity contribution in [1.29, 1.82) is 10.5 Å². The normalized spacial score (nSPS) is 33.3. The SMILES string of the molecule is COC1(OC)[NH+]=C(N)[C@@]2(C#N)[C@@H](c3c(Cl)cccc3Cl)[C@@]12C#N. The van der Waals surface area contributed by atoms with Crippen LogP contribution in [0.3, 0.4) is 0 Å². The van der Waals surface area contributed by atoms with E-state index in [2.05, 4.69) is 17.1 Å². The number of ether oxygens (including phenoxy) is 2. The number of amidine groups is 1. The summed E-state index contributed by atoms with van der Waals surface area (Å²) in [5.41, 5.74) is 3.80. The molecular weight excluding hydrogens is 339 g/mol. The smallest absolute Gasteiger partial charge is 0.317 e. The maximum atomic E-state index is 9.94. The van der Waals surface area contributed by atoms with Crippen molar-refractivity contribution in [2.75, 3.05) is 14.2 Å². The lowest BCUT2D eigenvalue weighted by molar-refractivity contribution is -0.687. The summed E-state index contributed by atoms with van der Waals surface area (Å²) in [6, 6.07) is 9.33. The van der Waals surface area contributed by atoms with Gasteiger partial charge in [0.05, 0.1) is 18.1 Å². The summed E-state index contributed by atoms with van der Waals surface area (Å²) in [6.07, 6.45) is 0. The molecule has 23 heavy (non-hydrogen) atoms. The maximum absolute atomic E-state index is 9.94. The number of nitrogens with zero attached hydrogens (tertiary/aromatic N) is 2. The summed E-state index contributed by atoms with van der Waals surface area (Å²) in [5.74, 6) is -2.13. The number of methoxy groups -OCH3 is 2. The Balaban J connectivity index is 2.33. The van der Waals surface area contributed by atoms with Gasteiger partial charge >= 0.3 is 5.91 Å². The molecule has 8 heteroatoms. The van der Waals surface area contributed by atoms with Crippen LogP contribution in [0.15, 0.2) is 18.2 Å². The van der Waals surface area contributed by atoms with Gasteiger partial charge in [-0.05, 0) is 17.7 Å². The first-order valence-corrected chi connectivity index (χ1v) is 7.45.